The summed E-state index contributed by atoms with van der Waals surface area (Å²) >= 11 is 3.30. The van der Waals surface area contributed by atoms with E-state index in [9.17, 15) is 4.39 Å². The first kappa shape index (κ1) is 15.6. The Bertz CT molecular complexity index is 373. The molecule has 2 unspecified atom stereocenters. The number of ether oxygens (including phenoxy) is 1. The molecule has 2 nitrogen and oxygen atoms in total. The monoisotopic (exact) mass is 317 g/mol. The van der Waals surface area contributed by atoms with Gasteiger partial charge in [-0.2, -0.15) is 0 Å². The lowest BCUT2D eigenvalue weighted by atomic mass is 10.0. The first-order chi connectivity index (χ1) is 8.60. The Labute approximate surface area is 117 Å². The highest BCUT2D eigenvalue weighted by atomic mass is 79.9. The number of rotatable bonds is 7. The molecule has 0 aliphatic heterocycles. The lowest BCUT2D eigenvalue weighted by Gasteiger charge is -2.24. The van der Waals surface area contributed by atoms with E-state index in [2.05, 4.69) is 28.2 Å². The van der Waals surface area contributed by atoms with Crippen molar-refractivity contribution in [3.63, 3.8) is 0 Å². The molecule has 1 rings (SSSR count). The molecular weight excluding hydrogens is 297 g/mol. The first-order valence-corrected chi connectivity index (χ1v) is 7.08. The second-order valence-corrected chi connectivity index (χ2v) is 5.21. The number of hydrogen-bond donors (Lipinski definition) is 1. The second-order valence-electron chi connectivity index (χ2n) is 4.42. The summed E-state index contributed by atoms with van der Waals surface area (Å²) in [4.78, 5) is 0. The van der Waals surface area contributed by atoms with Gasteiger partial charge >= 0.3 is 0 Å². The van der Waals surface area contributed by atoms with Gasteiger partial charge in [0, 0.05) is 13.2 Å². The van der Waals surface area contributed by atoms with E-state index in [1.54, 1.807) is 13.2 Å². The molecule has 0 saturated heterocycles. The normalized spacial score (nSPS) is 14.5. The summed E-state index contributed by atoms with van der Waals surface area (Å²) in [7, 11) is 1.70. The summed E-state index contributed by atoms with van der Waals surface area (Å²) in [6, 6.07) is 5.33. The maximum atomic E-state index is 13.5. The Kier molecular flexibility index (Phi) is 6.82. The van der Waals surface area contributed by atoms with Crippen LogP contribution >= 0.6 is 15.9 Å². The number of nitrogens with one attached hydrogen (secondary N) is 1. The van der Waals surface area contributed by atoms with Crippen LogP contribution in [0.1, 0.15) is 25.8 Å². The van der Waals surface area contributed by atoms with Crippen LogP contribution in [0, 0.1) is 5.82 Å². The summed E-state index contributed by atoms with van der Waals surface area (Å²) in [6.45, 7) is 5.09. The average Bonchev–Trinajstić information content (AvgIpc) is 2.38. The quantitative estimate of drug-likeness (QED) is 0.830. The molecule has 0 bridgehead atoms. The molecule has 0 fully saturated rings. The largest absolute Gasteiger partial charge is 0.380 e. The molecule has 0 aliphatic carbocycles. The van der Waals surface area contributed by atoms with E-state index in [0.29, 0.717) is 4.47 Å². The lowest BCUT2D eigenvalue weighted by Crippen LogP contribution is -2.41. The van der Waals surface area contributed by atoms with Crippen LogP contribution in [0.15, 0.2) is 22.7 Å². The third-order valence-electron chi connectivity index (χ3n) is 3.07. The minimum atomic E-state index is -0.216. The Balaban J connectivity index is 2.78. The van der Waals surface area contributed by atoms with Crippen LogP contribution in [-0.2, 0) is 11.2 Å². The van der Waals surface area contributed by atoms with E-state index in [4.69, 9.17) is 4.74 Å². The van der Waals surface area contributed by atoms with Crippen LogP contribution in [-0.4, -0.2) is 25.8 Å². The van der Waals surface area contributed by atoms with E-state index in [0.717, 1.165) is 24.9 Å². The van der Waals surface area contributed by atoms with E-state index in [-0.39, 0.29) is 18.0 Å². The number of hydrogen-bond acceptors (Lipinski definition) is 2. The summed E-state index contributed by atoms with van der Waals surface area (Å²) < 4.78 is 19.4. The van der Waals surface area contributed by atoms with Crippen molar-refractivity contribution in [1.82, 2.24) is 5.32 Å². The maximum absolute atomic E-state index is 13.5. The zero-order valence-electron chi connectivity index (χ0n) is 11.2. The Morgan fingerprint density at radius 3 is 2.78 bits per heavy atom. The molecule has 1 aromatic rings. The standard InChI is InChI=1S/C14H21BrFNO/c1-4-8-17-13(10(2)18-3)9-11-6-5-7-12(16)14(11)15/h5-7,10,13,17H,4,8-9H2,1-3H3. The van der Waals surface area contributed by atoms with E-state index >= 15 is 0 Å². The van der Waals surface area contributed by atoms with Gasteiger partial charge in [0.1, 0.15) is 5.82 Å². The van der Waals surface area contributed by atoms with E-state index in [1.165, 1.54) is 6.07 Å². The van der Waals surface area contributed by atoms with Crippen molar-refractivity contribution in [3.8, 4) is 0 Å². The average molecular weight is 318 g/mol. The number of methoxy groups -OCH3 is 1. The van der Waals surface area contributed by atoms with Crippen molar-refractivity contribution < 1.29 is 9.13 Å². The number of halogens is 2. The molecule has 0 aromatic heterocycles. The molecule has 0 saturated carbocycles. The van der Waals surface area contributed by atoms with Gasteiger partial charge in [-0.1, -0.05) is 19.1 Å². The van der Waals surface area contributed by atoms with Crippen LogP contribution in [0.4, 0.5) is 4.39 Å². The molecule has 0 heterocycles. The first-order valence-electron chi connectivity index (χ1n) is 6.29. The molecular formula is C14H21BrFNO. The molecule has 0 spiro atoms. The van der Waals surface area contributed by atoms with Gasteiger partial charge in [-0.05, 0) is 53.9 Å². The highest BCUT2D eigenvalue weighted by molar-refractivity contribution is 9.10. The van der Waals surface area contributed by atoms with Gasteiger partial charge in [0.25, 0.3) is 0 Å². The van der Waals surface area contributed by atoms with Gasteiger partial charge in [0.15, 0.2) is 0 Å². The van der Waals surface area contributed by atoms with Gasteiger partial charge in [-0.3, -0.25) is 0 Å². The predicted molar refractivity (Wildman–Crippen MR) is 76.4 cm³/mol. The fraction of sp³-hybridized carbons (Fsp3) is 0.571. The smallest absolute Gasteiger partial charge is 0.137 e. The third-order valence-corrected chi connectivity index (χ3v) is 3.95. The second kappa shape index (κ2) is 7.87. The van der Waals surface area contributed by atoms with Crippen LogP contribution in [0.5, 0.6) is 0 Å². The summed E-state index contributed by atoms with van der Waals surface area (Å²) in [5.41, 5.74) is 0.965. The minimum Gasteiger partial charge on any atom is -0.380 e. The zero-order chi connectivity index (χ0) is 13.5. The predicted octanol–water partition coefficient (Wildman–Crippen LogP) is 3.53. The van der Waals surface area contributed by atoms with Crippen molar-refractivity contribution in [1.29, 1.82) is 0 Å². The van der Waals surface area contributed by atoms with E-state index in [1.807, 2.05) is 13.0 Å². The topological polar surface area (TPSA) is 21.3 Å². The minimum absolute atomic E-state index is 0.0896. The van der Waals surface area contributed by atoms with Crippen LogP contribution in [0.2, 0.25) is 0 Å². The van der Waals surface area contributed by atoms with Crippen LogP contribution in [0.25, 0.3) is 0 Å². The van der Waals surface area contributed by atoms with Crippen molar-refractivity contribution in [3.05, 3.63) is 34.1 Å². The van der Waals surface area contributed by atoms with Crippen molar-refractivity contribution in [2.45, 2.75) is 38.8 Å². The Morgan fingerprint density at radius 2 is 2.17 bits per heavy atom. The Hall–Kier alpha value is -0.450. The molecule has 0 radical (unpaired) electrons. The molecule has 0 amide bonds. The Morgan fingerprint density at radius 1 is 1.44 bits per heavy atom. The SMILES string of the molecule is CCCNC(Cc1cccc(F)c1Br)C(C)OC. The van der Waals surface area contributed by atoms with Gasteiger partial charge in [-0.25, -0.2) is 4.39 Å². The third kappa shape index (κ3) is 4.34. The van der Waals surface area contributed by atoms with Crippen molar-refractivity contribution in [2.75, 3.05) is 13.7 Å². The van der Waals surface area contributed by atoms with Crippen molar-refractivity contribution >= 4 is 15.9 Å². The van der Waals surface area contributed by atoms with Gasteiger partial charge < -0.3 is 10.1 Å². The summed E-state index contributed by atoms with van der Waals surface area (Å²) in [6.07, 6.45) is 1.90. The van der Waals surface area contributed by atoms with Gasteiger partial charge in [0.2, 0.25) is 0 Å². The number of benzene rings is 1. The molecule has 1 N–H and O–H groups in total. The molecule has 1 aromatic carbocycles. The molecule has 0 aliphatic rings. The molecule has 4 heteroatoms. The lowest BCUT2D eigenvalue weighted by molar-refractivity contribution is 0.0830. The fourth-order valence-electron chi connectivity index (χ4n) is 1.84. The summed E-state index contributed by atoms with van der Waals surface area (Å²) in [5, 5.41) is 3.45. The van der Waals surface area contributed by atoms with Crippen molar-refractivity contribution in [2.24, 2.45) is 0 Å². The van der Waals surface area contributed by atoms with Crippen LogP contribution in [0.3, 0.4) is 0 Å². The summed E-state index contributed by atoms with van der Waals surface area (Å²) in [5.74, 6) is -0.216. The zero-order valence-corrected chi connectivity index (χ0v) is 12.8. The molecule has 102 valence electrons. The molecule has 18 heavy (non-hydrogen) atoms. The van der Waals surface area contributed by atoms with Gasteiger partial charge in [0.05, 0.1) is 10.6 Å². The van der Waals surface area contributed by atoms with Gasteiger partial charge in [-0.15, -0.1) is 0 Å². The fourth-order valence-corrected chi connectivity index (χ4v) is 2.27. The van der Waals surface area contributed by atoms with E-state index < -0.39 is 0 Å². The highest BCUT2D eigenvalue weighted by Gasteiger charge is 2.18. The maximum Gasteiger partial charge on any atom is 0.137 e. The van der Waals surface area contributed by atoms with Crippen LogP contribution < -0.4 is 5.32 Å². The highest BCUT2D eigenvalue weighted by Crippen LogP contribution is 2.22. The molecule has 2 atom stereocenters.